The predicted octanol–water partition coefficient (Wildman–Crippen LogP) is 3.87. The van der Waals surface area contributed by atoms with Gasteiger partial charge in [0.15, 0.2) is 0 Å². The summed E-state index contributed by atoms with van der Waals surface area (Å²) in [6, 6.07) is 15.2. The Kier molecular flexibility index (Phi) is 5.90. The number of carbonyl (C=O) groups is 1. The largest absolute Gasteiger partial charge is 0.491 e. The minimum absolute atomic E-state index is 0.175. The average molecular weight is 340 g/mol. The normalized spacial score (nSPS) is 16.4. The van der Waals surface area contributed by atoms with Gasteiger partial charge in [0.1, 0.15) is 12.4 Å². The molecule has 0 spiro atoms. The number of nitrogens with one attached hydrogen (secondary N) is 2. The third kappa shape index (κ3) is 5.22. The molecule has 2 amide bonds. The van der Waals surface area contributed by atoms with E-state index in [2.05, 4.69) is 10.6 Å². The Bertz CT molecular complexity index is 712. The third-order valence-electron chi connectivity index (χ3n) is 4.25. The van der Waals surface area contributed by atoms with Crippen molar-refractivity contribution in [3.8, 4) is 5.75 Å². The van der Waals surface area contributed by atoms with E-state index < -0.39 is 0 Å². The summed E-state index contributed by atoms with van der Waals surface area (Å²) < 4.78 is 11.3. The molecular formula is C20H24N2O3. The zero-order valence-electron chi connectivity index (χ0n) is 14.5. The maximum Gasteiger partial charge on any atom is 0.319 e. The van der Waals surface area contributed by atoms with Gasteiger partial charge in [-0.15, -0.1) is 0 Å². The first kappa shape index (κ1) is 17.3. The maximum absolute atomic E-state index is 12.1. The van der Waals surface area contributed by atoms with Crippen LogP contribution in [0.15, 0.2) is 48.5 Å². The second kappa shape index (κ2) is 8.53. The zero-order chi connectivity index (χ0) is 17.5. The molecule has 1 heterocycles. The number of ether oxygens (including phenoxy) is 2. The summed E-state index contributed by atoms with van der Waals surface area (Å²) in [5.74, 6) is 0.729. The lowest BCUT2D eigenvalue weighted by atomic mass is 10.1. The number of rotatable bonds is 6. The van der Waals surface area contributed by atoms with Gasteiger partial charge in [-0.25, -0.2) is 4.79 Å². The van der Waals surface area contributed by atoms with E-state index in [1.54, 1.807) is 0 Å². The molecule has 0 aliphatic carbocycles. The van der Waals surface area contributed by atoms with E-state index in [-0.39, 0.29) is 12.1 Å². The van der Waals surface area contributed by atoms with Crippen molar-refractivity contribution in [3.63, 3.8) is 0 Å². The fourth-order valence-corrected chi connectivity index (χ4v) is 2.79. The number of hydrogen-bond acceptors (Lipinski definition) is 3. The molecular weight excluding hydrogens is 316 g/mol. The summed E-state index contributed by atoms with van der Waals surface area (Å²) in [6.07, 6.45) is 2.31. The molecule has 1 aliphatic rings. The Hall–Kier alpha value is -2.53. The highest BCUT2D eigenvalue weighted by molar-refractivity contribution is 5.89. The Morgan fingerprint density at radius 3 is 2.92 bits per heavy atom. The van der Waals surface area contributed by atoms with E-state index in [4.69, 9.17) is 9.47 Å². The van der Waals surface area contributed by atoms with Crippen molar-refractivity contribution in [1.82, 2.24) is 5.32 Å². The Labute approximate surface area is 148 Å². The Morgan fingerprint density at radius 2 is 2.12 bits per heavy atom. The molecule has 0 aromatic heterocycles. The lowest BCUT2D eigenvalue weighted by Gasteiger charge is -2.13. The van der Waals surface area contributed by atoms with Gasteiger partial charge in [-0.3, -0.25) is 0 Å². The van der Waals surface area contributed by atoms with Crippen LogP contribution < -0.4 is 15.4 Å². The molecule has 3 rings (SSSR count). The van der Waals surface area contributed by atoms with Crippen molar-refractivity contribution >= 4 is 11.7 Å². The Balaban J connectivity index is 1.49. The minimum Gasteiger partial charge on any atom is -0.491 e. The van der Waals surface area contributed by atoms with Crippen molar-refractivity contribution in [2.24, 2.45) is 0 Å². The molecule has 132 valence electrons. The number of anilines is 1. The minimum atomic E-state index is -0.237. The number of urea groups is 1. The first-order chi connectivity index (χ1) is 12.2. The van der Waals surface area contributed by atoms with Crippen molar-refractivity contribution in [3.05, 3.63) is 59.7 Å². The molecule has 2 N–H and O–H groups in total. The van der Waals surface area contributed by atoms with Crippen molar-refractivity contribution < 1.29 is 14.3 Å². The maximum atomic E-state index is 12.1. The van der Waals surface area contributed by atoms with E-state index in [9.17, 15) is 4.79 Å². The molecule has 1 saturated heterocycles. The lowest BCUT2D eigenvalue weighted by molar-refractivity contribution is 0.0680. The second-order valence-electron chi connectivity index (χ2n) is 6.21. The molecule has 1 unspecified atom stereocenters. The van der Waals surface area contributed by atoms with Gasteiger partial charge in [0.05, 0.1) is 6.10 Å². The molecule has 0 saturated carbocycles. The van der Waals surface area contributed by atoms with Gasteiger partial charge in [0.2, 0.25) is 0 Å². The third-order valence-corrected chi connectivity index (χ3v) is 4.25. The molecule has 5 nitrogen and oxygen atoms in total. The predicted molar refractivity (Wildman–Crippen MR) is 97.9 cm³/mol. The molecule has 0 bridgehead atoms. The molecule has 2 aromatic rings. The van der Waals surface area contributed by atoms with E-state index in [1.165, 1.54) is 0 Å². The highest BCUT2D eigenvalue weighted by Gasteiger charge is 2.16. The quantitative estimate of drug-likeness (QED) is 0.839. The second-order valence-corrected chi connectivity index (χ2v) is 6.21. The summed E-state index contributed by atoms with van der Waals surface area (Å²) in [5.41, 5.74) is 2.96. The summed E-state index contributed by atoms with van der Waals surface area (Å²) in [7, 11) is 0. The summed E-state index contributed by atoms with van der Waals surface area (Å²) >= 11 is 0. The number of benzene rings is 2. The molecule has 1 aliphatic heterocycles. The van der Waals surface area contributed by atoms with E-state index >= 15 is 0 Å². The summed E-state index contributed by atoms with van der Waals surface area (Å²) in [6.45, 7) is 3.89. The van der Waals surface area contributed by atoms with E-state index in [0.717, 1.165) is 36.3 Å². The van der Waals surface area contributed by atoms with Gasteiger partial charge < -0.3 is 20.1 Å². The van der Waals surface area contributed by atoms with Gasteiger partial charge in [0, 0.05) is 24.9 Å². The molecule has 0 radical (unpaired) electrons. The van der Waals surface area contributed by atoms with Crippen LogP contribution in [0.3, 0.4) is 0 Å². The SMILES string of the molecule is Cc1ccccc1CNC(=O)Nc1cccc(OCC2CCCO2)c1. The molecule has 1 atom stereocenters. The zero-order valence-corrected chi connectivity index (χ0v) is 14.5. The number of hydrogen-bond donors (Lipinski definition) is 2. The van der Waals surface area contributed by atoms with Crippen LogP contribution in [-0.2, 0) is 11.3 Å². The van der Waals surface area contributed by atoms with Crippen LogP contribution in [0.25, 0.3) is 0 Å². The summed E-state index contributed by atoms with van der Waals surface area (Å²) in [5, 5.41) is 5.71. The van der Waals surface area contributed by atoms with Gasteiger partial charge in [-0.1, -0.05) is 30.3 Å². The van der Waals surface area contributed by atoms with Crippen LogP contribution in [0.4, 0.5) is 10.5 Å². The highest BCUT2D eigenvalue weighted by atomic mass is 16.5. The molecule has 2 aromatic carbocycles. The van der Waals surface area contributed by atoms with Crippen molar-refractivity contribution in [2.45, 2.75) is 32.4 Å². The molecule has 5 heteroatoms. The van der Waals surface area contributed by atoms with E-state index in [1.807, 2.05) is 55.5 Å². The first-order valence-electron chi connectivity index (χ1n) is 8.64. The molecule has 25 heavy (non-hydrogen) atoms. The van der Waals surface area contributed by atoms with Crippen LogP contribution in [0.1, 0.15) is 24.0 Å². The topological polar surface area (TPSA) is 59.6 Å². The fraction of sp³-hybridized carbons (Fsp3) is 0.350. The smallest absolute Gasteiger partial charge is 0.319 e. The van der Waals surface area contributed by atoms with Crippen molar-refractivity contribution in [2.75, 3.05) is 18.5 Å². The van der Waals surface area contributed by atoms with Gasteiger partial charge in [0.25, 0.3) is 0 Å². The van der Waals surface area contributed by atoms with Crippen LogP contribution in [0.5, 0.6) is 5.75 Å². The lowest BCUT2D eigenvalue weighted by Crippen LogP contribution is -2.28. The van der Waals surface area contributed by atoms with Crippen LogP contribution in [0, 0.1) is 6.92 Å². The number of amides is 2. The Morgan fingerprint density at radius 1 is 1.24 bits per heavy atom. The standard InChI is InChI=1S/C20H24N2O3/c1-15-6-2-3-7-16(15)13-21-20(23)22-17-8-4-9-18(12-17)25-14-19-10-5-11-24-19/h2-4,6-9,12,19H,5,10-11,13-14H2,1H3,(H2,21,22,23). The number of aryl methyl sites for hydroxylation is 1. The van der Waals surface area contributed by atoms with Crippen LogP contribution in [0.2, 0.25) is 0 Å². The average Bonchev–Trinajstić information content (AvgIpc) is 3.13. The van der Waals surface area contributed by atoms with Crippen LogP contribution >= 0.6 is 0 Å². The fourth-order valence-electron chi connectivity index (χ4n) is 2.79. The molecule has 1 fully saturated rings. The number of carbonyl (C=O) groups excluding carboxylic acids is 1. The first-order valence-corrected chi connectivity index (χ1v) is 8.64. The van der Waals surface area contributed by atoms with Gasteiger partial charge in [-0.05, 0) is 43.0 Å². The van der Waals surface area contributed by atoms with E-state index in [0.29, 0.717) is 18.8 Å². The van der Waals surface area contributed by atoms with Crippen LogP contribution in [-0.4, -0.2) is 25.3 Å². The monoisotopic (exact) mass is 340 g/mol. The highest BCUT2D eigenvalue weighted by Crippen LogP contribution is 2.19. The van der Waals surface area contributed by atoms with Gasteiger partial charge in [-0.2, -0.15) is 0 Å². The van der Waals surface area contributed by atoms with Gasteiger partial charge >= 0.3 is 6.03 Å². The summed E-state index contributed by atoms with van der Waals surface area (Å²) in [4.78, 5) is 12.1. The van der Waals surface area contributed by atoms with Crippen molar-refractivity contribution in [1.29, 1.82) is 0 Å².